The standard InChI is InChI=1S/C20H21ClN2O3S/c1-3-4-13-22-19-20(27(24,25)17-11-5-14(2)6-12-17)23-18(26-19)15-7-9-16(21)10-8-15/h5-12,22H,3-4,13H2,1-2H3. The summed E-state index contributed by atoms with van der Waals surface area (Å²) in [4.78, 5) is 4.48. The number of anilines is 1. The van der Waals surface area contributed by atoms with E-state index in [1.807, 2.05) is 6.92 Å². The van der Waals surface area contributed by atoms with Crippen LogP contribution in [0, 0.1) is 6.92 Å². The summed E-state index contributed by atoms with van der Waals surface area (Å²) in [6.45, 7) is 4.57. The highest BCUT2D eigenvalue weighted by molar-refractivity contribution is 7.91. The summed E-state index contributed by atoms with van der Waals surface area (Å²) in [6.07, 6.45) is 1.87. The van der Waals surface area contributed by atoms with Crippen LogP contribution in [0.2, 0.25) is 5.02 Å². The average Bonchev–Trinajstić information content (AvgIpc) is 3.08. The molecule has 0 saturated carbocycles. The second-order valence-electron chi connectivity index (χ2n) is 6.26. The highest BCUT2D eigenvalue weighted by Gasteiger charge is 2.28. The minimum Gasteiger partial charge on any atom is -0.419 e. The third kappa shape index (κ3) is 4.34. The van der Waals surface area contributed by atoms with Gasteiger partial charge in [0.1, 0.15) is 0 Å². The lowest BCUT2D eigenvalue weighted by molar-refractivity contribution is 0.575. The van der Waals surface area contributed by atoms with Crippen molar-refractivity contribution in [3.05, 3.63) is 59.1 Å². The molecule has 3 aromatic rings. The fourth-order valence-electron chi connectivity index (χ4n) is 2.52. The van der Waals surface area contributed by atoms with Crippen molar-refractivity contribution in [1.29, 1.82) is 0 Å². The minimum absolute atomic E-state index is 0.104. The van der Waals surface area contributed by atoms with Crippen LogP contribution in [-0.2, 0) is 9.84 Å². The van der Waals surface area contributed by atoms with Gasteiger partial charge in [-0.15, -0.1) is 0 Å². The molecule has 142 valence electrons. The van der Waals surface area contributed by atoms with Crippen molar-refractivity contribution in [3.63, 3.8) is 0 Å². The zero-order valence-electron chi connectivity index (χ0n) is 15.2. The van der Waals surface area contributed by atoms with Gasteiger partial charge in [0.15, 0.2) is 0 Å². The molecule has 0 aliphatic heterocycles. The number of rotatable bonds is 7. The molecule has 27 heavy (non-hydrogen) atoms. The Bertz CT molecular complexity index is 1010. The SMILES string of the molecule is CCCCNc1oc(-c2ccc(Cl)cc2)nc1S(=O)(=O)c1ccc(C)cc1. The van der Waals surface area contributed by atoms with Crippen molar-refractivity contribution in [2.45, 2.75) is 36.6 Å². The number of benzene rings is 2. The van der Waals surface area contributed by atoms with Crippen molar-refractivity contribution in [2.75, 3.05) is 11.9 Å². The molecule has 3 rings (SSSR count). The number of aryl methyl sites for hydroxylation is 1. The molecule has 0 aliphatic rings. The molecule has 0 bridgehead atoms. The minimum atomic E-state index is -3.81. The van der Waals surface area contributed by atoms with E-state index in [9.17, 15) is 8.42 Å². The molecule has 0 fully saturated rings. The van der Waals surface area contributed by atoms with Gasteiger partial charge in [0, 0.05) is 17.1 Å². The lowest BCUT2D eigenvalue weighted by Gasteiger charge is -2.05. The van der Waals surface area contributed by atoms with Gasteiger partial charge in [-0.05, 0) is 49.7 Å². The van der Waals surface area contributed by atoms with Crippen molar-refractivity contribution < 1.29 is 12.8 Å². The zero-order valence-corrected chi connectivity index (χ0v) is 16.8. The first-order valence-corrected chi connectivity index (χ1v) is 10.6. The van der Waals surface area contributed by atoms with E-state index in [2.05, 4.69) is 17.2 Å². The predicted octanol–water partition coefficient (Wildman–Crippen LogP) is 5.35. The zero-order chi connectivity index (χ0) is 19.4. The van der Waals surface area contributed by atoms with Gasteiger partial charge in [0.2, 0.25) is 26.6 Å². The molecule has 0 atom stereocenters. The predicted molar refractivity (Wildman–Crippen MR) is 107 cm³/mol. The summed E-state index contributed by atoms with van der Waals surface area (Å²) >= 11 is 5.93. The van der Waals surface area contributed by atoms with E-state index in [0.717, 1.165) is 18.4 Å². The van der Waals surface area contributed by atoms with Gasteiger partial charge in [-0.2, -0.15) is 4.98 Å². The maximum absolute atomic E-state index is 13.1. The van der Waals surface area contributed by atoms with Crippen LogP contribution in [-0.4, -0.2) is 19.9 Å². The van der Waals surface area contributed by atoms with Crippen LogP contribution < -0.4 is 5.32 Å². The Balaban J connectivity index is 2.06. The van der Waals surface area contributed by atoms with Gasteiger partial charge in [0.25, 0.3) is 0 Å². The summed E-state index contributed by atoms with van der Waals surface area (Å²) in [5, 5.41) is 3.55. The number of nitrogens with zero attached hydrogens (tertiary/aromatic N) is 1. The molecule has 0 spiro atoms. The van der Waals surface area contributed by atoms with Crippen LogP contribution in [0.4, 0.5) is 5.88 Å². The second kappa shape index (κ2) is 8.15. The number of oxazole rings is 1. The molecular formula is C20H21ClN2O3S. The van der Waals surface area contributed by atoms with Gasteiger partial charge in [0.05, 0.1) is 4.90 Å². The molecule has 0 amide bonds. The number of aromatic nitrogens is 1. The molecule has 5 nitrogen and oxygen atoms in total. The Morgan fingerprint density at radius 1 is 1.07 bits per heavy atom. The molecule has 0 radical (unpaired) electrons. The van der Waals surface area contributed by atoms with Gasteiger partial charge in [-0.25, -0.2) is 8.42 Å². The van der Waals surface area contributed by atoms with Crippen molar-refractivity contribution in [1.82, 2.24) is 4.98 Å². The normalized spacial score (nSPS) is 11.5. The van der Waals surface area contributed by atoms with E-state index in [1.165, 1.54) is 0 Å². The van der Waals surface area contributed by atoms with Crippen LogP contribution in [0.5, 0.6) is 0 Å². The van der Waals surface area contributed by atoms with Gasteiger partial charge in [-0.1, -0.05) is 42.6 Å². The fourth-order valence-corrected chi connectivity index (χ4v) is 3.93. The van der Waals surface area contributed by atoms with Crippen LogP contribution in [0.25, 0.3) is 11.5 Å². The number of sulfone groups is 1. The Hall–Kier alpha value is -2.31. The number of hydrogen-bond donors (Lipinski definition) is 1. The highest BCUT2D eigenvalue weighted by Crippen LogP contribution is 2.32. The van der Waals surface area contributed by atoms with Gasteiger partial charge < -0.3 is 9.73 Å². The summed E-state index contributed by atoms with van der Waals surface area (Å²) in [6, 6.07) is 13.6. The molecule has 0 saturated heterocycles. The number of unbranched alkanes of at least 4 members (excludes halogenated alkanes) is 1. The Morgan fingerprint density at radius 2 is 1.74 bits per heavy atom. The molecule has 1 N–H and O–H groups in total. The van der Waals surface area contributed by atoms with Gasteiger partial charge in [-0.3, -0.25) is 0 Å². The Morgan fingerprint density at radius 3 is 2.37 bits per heavy atom. The Kier molecular flexibility index (Phi) is 5.87. The molecule has 7 heteroatoms. The van der Waals surface area contributed by atoms with E-state index in [-0.39, 0.29) is 21.7 Å². The molecular weight excluding hydrogens is 384 g/mol. The van der Waals surface area contributed by atoms with E-state index >= 15 is 0 Å². The number of nitrogens with one attached hydrogen (secondary N) is 1. The van der Waals surface area contributed by atoms with Crippen molar-refractivity contribution in [2.24, 2.45) is 0 Å². The summed E-state index contributed by atoms with van der Waals surface area (Å²) in [5.74, 6) is 0.394. The lowest BCUT2D eigenvalue weighted by atomic mass is 10.2. The third-order valence-corrected chi connectivity index (χ3v) is 6.02. The summed E-state index contributed by atoms with van der Waals surface area (Å²) in [5.41, 5.74) is 1.64. The molecule has 0 unspecified atom stereocenters. The van der Waals surface area contributed by atoms with Gasteiger partial charge >= 0.3 is 0 Å². The quantitative estimate of drug-likeness (QED) is 0.537. The first-order chi connectivity index (χ1) is 12.9. The topological polar surface area (TPSA) is 72.2 Å². The third-order valence-electron chi connectivity index (χ3n) is 4.09. The number of halogens is 1. The number of hydrogen-bond acceptors (Lipinski definition) is 5. The van der Waals surface area contributed by atoms with E-state index in [4.69, 9.17) is 16.0 Å². The van der Waals surface area contributed by atoms with Crippen LogP contribution in [0.1, 0.15) is 25.3 Å². The maximum atomic E-state index is 13.1. The monoisotopic (exact) mass is 404 g/mol. The largest absolute Gasteiger partial charge is 0.419 e. The molecule has 2 aromatic carbocycles. The molecule has 1 heterocycles. The van der Waals surface area contributed by atoms with E-state index < -0.39 is 9.84 Å². The lowest BCUT2D eigenvalue weighted by Crippen LogP contribution is -2.08. The molecule has 0 aliphatic carbocycles. The van der Waals surface area contributed by atoms with E-state index in [1.54, 1.807) is 48.5 Å². The Labute approximate surface area is 164 Å². The van der Waals surface area contributed by atoms with Crippen LogP contribution >= 0.6 is 11.6 Å². The van der Waals surface area contributed by atoms with Crippen molar-refractivity contribution >= 4 is 27.3 Å². The summed E-state index contributed by atoms with van der Waals surface area (Å²) in [7, 11) is -3.81. The highest BCUT2D eigenvalue weighted by atomic mass is 35.5. The maximum Gasteiger partial charge on any atom is 0.233 e. The average molecular weight is 405 g/mol. The van der Waals surface area contributed by atoms with Crippen LogP contribution in [0.3, 0.4) is 0 Å². The second-order valence-corrected chi connectivity index (χ2v) is 8.56. The first kappa shape index (κ1) is 19.5. The smallest absolute Gasteiger partial charge is 0.233 e. The molecule has 1 aromatic heterocycles. The van der Waals surface area contributed by atoms with Crippen molar-refractivity contribution in [3.8, 4) is 11.5 Å². The summed E-state index contributed by atoms with van der Waals surface area (Å²) < 4.78 is 32.0. The fraction of sp³-hybridized carbons (Fsp3) is 0.250. The van der Waals surface area contributed by atoms with E-state index in [0.29, 0.717) is 17.1 Å². The van der Waals surface area contributed by atoms with Crippen LogP contribution in [0.15, 0.2) is 62.9 Å². The first-order valence-electron chi connectivity index (χ1n) is 8.74.